The van der Waals surface area contributed by atoms with Crippen LogP contribution in [0, 0.1) is 0 Å². The minimum Gasteiger partial charge on any atom is -0.457 e. The molecule has 0 aliphatic rings. The number of ether oxygens (including phenoxy) is 1. The van der Waals surface area contributed by atoms with Gasteiger partial charge in [0.2, 0.25) is 0 Å². The third-order valence-electron chi connectivity index (χ3n) is 4.05. The first-order valence-corrected chi connectivity index (χ1v) is 9.50. The summed E-state index contributed by atoms with van der Waals surface area (Å²) < 4.78 is 43.8. The van der Waals surface area contributed by atoms with Crippen molar-refractivity contribution in [2.45, 2.75) is 19.2 Å². The van der Waals surface area contributed by atoms with Crippen molar-refractivity contribution in [1.29, 1.82) is 0 Å². The van der Waals surface area contributed by atoms with Crippen LogP contribution in [0.2, 0.25) is 0 Å². The summed E-state index contributed by atoms with van der Waals surface area (Å²) in [6, 6.07) is 9.66. The van der Waals surface area contributed by atoms with Gasteiger partial charge in [0.05, 0.1) is 5.56 Å². The van der Waals surface area contributed by atoms with E-state index in [-0.39, 0.29) is 29.7 Å². The molecule has 0 radical (unpaired) electrons. The minimum atomic E-state index is -4.47. The summed E-state index contributed by atoms with van der Waals surface area (Å²) in [7, 11) is 0. The van der Waals surface area contributed by atoms with Gasteiger partial charge in [-0.2, -0.15) is 24.5 Å². The molecule has 3 aromatic rings. The van der Waals surface area contributed by atoms with Gasteiger partial charge >= 0.3 is 12.1 Å². The maximum atomic E-state index is 12.8. The predicted octanol–water partition coefficient (Wildman–Crippen LogP) is 4.82. The molecule has 0 unspecified atom stereocenters. The number of benzene rings is 1. The number of aromatic nitrogens is 1. The molecule has 0 amide bonds. The second-order valence-electron chi connectivity index (χ2n) is 6.20. The molecule has 0 aliphatic heterocycles. The monoisotopic (exact) mass is 419 g/mol. The molecule has 1 N–H and O–H groups in total. The zero-order valence-electron chi connectivity index (χ0n) is 15.0. The Kier molecular flexibility index (Phi) is 6.33. The highest BCUT2D eigenvalue weighted by Gasteiger charge is 2.30. The zero-order valence-corrected chi connectivity index (χ0v) is 15.8. The molecular weight excluding hydrogens is 403 g/mol. The molecule has 2 aromatic heterocycles. The predicted molar refractivity (Wildman–Crippen MR) is 104 cm³/mol. The molecular formula is C21H16F3NO3S. The SMILES string of the molecule is O=C(OCc1cccc(C(F)(F)F)c1)C(=Cc1ccsc1)Cc1ccc[nH]c1=O. The molecule has 0 saturated carbocycles. The molecule has 4 nitrogen and oxygen atoms in total. The van der Waals surface area contributed by atoms with Gasteiger partial charge in [0.25, 0.3) is 5.56 Å². The number of hydrogen-bond acceptors (Lipinski definition) is 4. The number of pyridine rings is 1. The third kappa shape index (κ3) is 5.68. The van der Waals surface area contributed by atoms with Crippen molar-refractivity contribution < 1.29 is 22.7 Å². The summed E-state index contributed by atoms with van der Waals surface area (Å²) in [6.45, 7) is -0.311. The van der Waals surface area contributed by atoms with E-state index in [0.717, 1.165) is 17.7 Å². The maximum Gasteiger partial charge on any atom is 0.416 e. The number of carbonyl (C=O) groups excluding carboxylic acids is 1. The van der Waals surface area contributed by atoms with Gasteiger partial charge in [-0.1, -0.05) is 18.2 Å². The Morgan fingerprint density at radius 1 is 1.17 bits per heavy atom. The van der Waals surface area contributed by atoms with Crippen LogP contribution in [0.1, 0.15) is 22.3 Å². The van der Waals surface area contributed by atoms with Crippen LogP contribution in [0.3, 0.4) is 0 Å². The summed E-state index contributed by atoms with van der Waals surface area (Å²) in [5, 5.41) is 3.67. The van der Waals surface area contributed by atoms with E-state index in [4.69, 9.17) is 4.74 Å². The Balaban J connectivity index is 1.79. The van der Waals surface area contributed by atoms with E-state index in [0.29, 0.717) is 5.56 Å². The maximum absolute atomic E-state index is 12.8. The summed E-state index contributed by atoms with van der Waals surface area (Å²) in [6.07, 6.45) is -1.34. The van der Waals surface area contributed by atoms with Crippen LogP contribution in [-0.2, 0) is 28.7 Å². The molecule has 1 aromatic carbocycles. The number of alkyl halides is 3. The molecule has 0 aliphatic carbocycles. The molecule has 29 heavy (non-hydrogen) atoms. The van der Waals surface area contributed by atoms with Gasteiger partial charge in [-0.05, 0) is 52.2 Å². The van der Waals surface area contributed by atoms with E-state index in [2.05, 4.69) is 4.98 Å². The standard InChI is InChI=1S/C21H16F3NO3S/c22-21(23,24)18-5-1-3-14(10-18)12-28-20(27)17(9-15-6-8-29-13-15)11-16-4-2-7-25-19(16)26/h1-10,13H,11-12H2,(H,25,26). The van der Waals surface area contributed by atoms with Crippen LogP contribution < -0.4 is 5.56 Å². The number of aromatic amines is 1. The van der Waals surface area contributed by atoms with E-state index >= 15 is 0 Å². The Labute approximate surface area is 168 Å². The fraction of sp³-hybridized carbons (Fsp3) is 0.143. The van der Waals surface area contributed by atoms with Gasteiger partial charge in [0.1, 0.15) is 6.61 Å². The quantitative estimate of drug-likeness (QED) is 0.460. The van der Waals surface area contributed by atoms with E-state index in [1.165, 1.54) is 29.7 Å². The Morgan fingerprint density at radius 2 is 2.00 bits per heavy atom. The van der Waals surface area contributed by atoms with Crippen molar-refractivity contribution in [2.75, 3.05) is 0 Å². The number of carbonyl (C=O) groups is 1. The topological polar surface area (TPSA) is 59.2 Å². The lowest BCUT2D eigenvalue weighted by molar-refractivity contribution is -0.140. The van der Waals surface area contributed by atoms with E-state index < -0.39 is 17.7 Å². The summed E-state index contributed by atoms with van der Waals surface area (Å²) >= 11 is 1.45. The molecule has 0 saturated heterocycles. The zero-order chi connectivity index (χ0) is 20.9. The molecule has 150 valence electrons. The summed E-state index contributed by atoms with van der Waals surface area (Å²) in [5.41, 5.74) is 0.469. The van der Waals surface area contributed by atoms with Gasteiger partial charge in [-0.25, -0.2) is 4.79 Å². The van der Waals surface area contributed by atoms with Crippen LogP contribution in [-0.4, -0.2) is 11.0 Å². The second kappa shape index (κ2) is 8.91. The normalized spacial score (nSPS) is 12.0. The third-order valence-corrected chi connectivity index (χ3v) is 4.75. The van der Waals surface area contributed by atoms with Gasteiger partial charge in [-0.15, -0.1) is 0 Å². The van der Waals surface area contributed by atoms with Crippen LogP contribution in [0.4, 0.5) is 13.2 Å². The Hall–Kier alpha value is -3.13. The van der Waals surface area contributed by atoms with E-state index in [1.54, 1.807) is 24.3 Å². The average molecular weight is 419 g/mol. The lowest BCUT2D eigenvalue weighted by Crippen LogP contribution is -2.16. The molecule has 0 bridgehead atoms. The lowest BCUT2D eigenvalue weighted by atomic mass is 10.0. The highest BCUT2D eigenvalue weighted by atomic mass is 32.1. The van der Waals surface area contributed by atoms with Crippen molar-refractivity contribution in [3.63, 3.8) is 0 Å². The number of thiophene rings is 1. The number of esters is 1. The number of rotatable bonds is 6. The van der Waals surface area contributed by atoms with Crippen LogP contribution >= 0.6 is 11.3 Å². The number of hydrogen-bond donors (Lipinski definition) is 1. The lowest BCUT2D eigenvalue weighted by Gasteiger charge is -2.11. The van der Waals surface area contributed by atoms with Crippen LogP contribution in [0.25, 0.3) is 6.08 Å². The van der Waals surface area contributed by atoms with Crippen molar-refractivity contribution in [1.82, 2.24) is 4.98 Å². The Morgan fingerprint density at radius 3 is 2.69 bits per heavy atom. The van der Waals surface area contributed by atoms with Crippen molar-refractivity contribution in [3.05, 3.63) is 97.6 Å². The average Bonchev–Trinajstić information content (AvgIpc) is 3.20. The smallest absolute Gasteiger partial charge is 0.416 e. The highest BCUT2D eigenvalue weighted by molar-refractivity contribution is 7.08. The van der Waals surface area contributed by atoms with Crippen LogP contribution in [0.15, 0.2) is 69.8 Å². The highest BCUT2D eigenvalue weighted by Crippen LogP contribution is 2.29. The van der Waals surface area contributed by atoms with Crippen LogP contribution in [0.5, 0.6) is 0 Å². The van der Waals surface area contributed by atoms with Gasteiger partial charge in [-0.3, -0.25) is 4.79 Å². The first kappa shape index (κ1) is 20.6. The molecule has 2 heterocycles. The van der Waals surface area contributed by atoms with Gasteiger partial charge in [0.15, 0.2) is 0 Å². The number of nitrogens with one attached hydrogen (secondary N) is 1. The Bertz CT molecular complexity index is 1070. The van der Waals surface area contributed by atoms with Crippen molar-refractivity contribution in [3.8, 4) is 0 Å². The fourth-order valence-electron chi connectivity index (χ4n) is 2.62. The molecule has 8 heteroatoms. The first-order chi connectivity index (χ1) is 13.8. The van der Waals surface area contributed by atoms with Crippen molar-refractivity contribution >= 4 is 23.4 Å². The summed E-state index contributed by atoms with van der Waals surface area (Å²) in [4.78, 5) is 27.1. The molecule has 3 rings (SSSR count). The van der Waals surface area contributed by atoms with Crippen molar-refractivity contribution in [2.24, 2.45) is 0 Å². The summed E-state index contributed by atoms with van der Waals surface area (Å²) in [5.74, 6) is -0.697. The largest absolute Gasteiger partial charge is 0.457 e. The number of halogens is 3. The molecule has 0 atom stereocenters. The second-order valence-corrected chi connectivity index (χ2v) is 6.98. The molecule has 0 fully saturated rings. The van der Waals surface area contributed by atoms with Gasteiger partial charge < -0.3 is 9.72 Å². The fourth-order valence-corrected chi connectivity index (χ4v) is 3.24. The van der Waals surface area contributed by atoms with E-state index in [9.17, 15) is 22.8 Å². The van der Waals surface area contributed by atoms with Gasteiger partial charge in [0, 0.05) is 23.8 Å². The minimum absolute atomic E-state index is 0.0352. The first-order valence-electron chi connectivity index (χ1n) is 8.55. The number of H-pyrrole nitrogens is 1. The molecule has 0 spiro atoms. The van der Waals surface area contributed by atoms with E-state index in [1.807, 2.05) is 10.8 Å².